The van der Waals surface area contributed by atoms with Gasteiger partial charge in [-0.1, -0.05) is 31.2 Å². The number of fused-ring (bicyclic) bond motifs is 1. The van der Waals surface area contributed by atoms with Gasteiger partial charge in [0.25, 0.3) is 0 Å². The third-order valence-corrected chi connectivity index (χ3v) is 5.66. The van der Waals surface area contributed by atoms with Crippen molar-refractivity contribution in [3.63, 3.8) is 0 Å². The molecule has 1 aliphatic rings. The van der Waals surface area contributed by atoms with Crippen LogP contribution in [0.15, 0.2) is 42.6 Å². The molecule has 0 atom stereocenters. The Hall–Kier alpha value is -1.58. The lowest BCUT2D eigenvalue weighted by Crippen LogP contribution is -2.08. The maximum atomic E-state index is 4.81. The SMILES string of the molecule is CCc1ccc(-c2ccc(-c3cn4c(n3)CCCC4)cc2)s1.Cl. The highest BCUT2D eigenvalue weighted by Crippen LogP contribution is 2.30. The number of hydrogen-bond acceptors (Lipinski definition) is 2. The van der Waals surface area contributed by atoms with Crippen molar-refractivity contribution in [3.8, 4) is 21.7 Å². The highest BCUT2D eigenvalue weighted by Gasteiger charge is 2.13. The van der Waals surface area contributed by atoms with Crippen molar-refractivity contribution >= 4 is 23.7 Å². The molecule has 120 valence electrons. The summed E-state index contributed by atoms with van der Waals surface area (Å²) in [6, 6.07) is 13.3. The lowest BCUT2D eigenvalue weighted by atomic mass is 10.1. The van der Waals surface area contributed by atoms with Crippen LogP contribution in [0.1, 0.15) is 30.5 Å². The highest BCUT2D eigenvalue weighted by molar-refractivity contribution is 7.15. The van der Waals surface area contributed by atoms with Crippen molar-refractivity contribution in [1.29, 1.82) is 0 Å². The summed E-state index contributed by atoms with van der Waals surface area (Å²) in [6.45, 7) is 3.33. The molecule has 0 aliphatic carbocycles. The largest absolute Gasteiger partial charge is 0.334 e. The van der Waals surface area contributed by atoms with Crippen molar-refractivity contribution in [2.24, 2.45) is 0 Å². The fraction of sp³-hybridized carbons (Fsp3) is 0.316. The van der Waals surface area contributed by atoms with Gasteiger partial charge in [0.2, 0.25) is 0 Å². The molecule has 0 bridgehead atoms. The average Bonchev–Trinajstić information content (AvgIpc) is 3.21. The van der Waals surface area contributed by atoms with Crippen LogP contribution >= 0.6 is 23.7 Å². The van der Waals surface area contributed by atoms with Crippen molar-refractivity contribution in [1.82, 2.24) is 9.55 Å². The predicted octanol–water partition coefficient (Wildman–Crippen LogP) is 5.60. The number of imidazole rings is 1. The first kappa shape index (κ1) is 16.3. The van der Waals surface area contributed by atoms with Gasteiger partial charge in [-0.15, -0.1) is 23.7 Å². The maximum absolute atomic E-state index is 4.81. The number of aryl methyl sites for hydroxylation is 3. The molecular weight excluding hydrogens is 324 g/mol. The van der Waals surface area contributed by atoms with E-state index in [-0.39, 0.29) is 12.4 Å². The number of thiophene rings is 1. The van der Waals surface area contributed by atoms with Crippen LogP contribution in [-0.2, 0) is 19.4 Å². The zero-order valence-electron chi connectivity index (χ0n) is 13.3. The van der Waals surface area contributed by atoms with Crippen LogP contribution in [0.2, 0.25) is 0 Å². The molecule has 2 aromatic heterocycles. The van der Waals surface area contributed by atoms with Crippen LogP contribution in [0.5, 0.6) is 0 Å². The first-order chi connectivity index (χ1) is 10.8. The average molecular weight is 345 g/mol. The zero-order chi connectivity index (χ0) is 14.9. The minimum absolute atomic E-state index is 0. The summed E-state index contributed by atoms with van der Waals surface area (Å²) >= 11 is 1.89. The molecule has 3 heterocycles. The third kappa shape index (κ3) is 3.22. The molecule has 4 heteroatoms. The second-order valence-electron chi connectivity index (χ2n) is 5.89. The van der Waals surface area contributed by atoms with E-state index in [0.717, 1.165) is 25.1 Å². The molecule has 4 rings (SSSR count). The maximum Gasteiger partial charge on any atom is 0.109 e. The third-order valence-electron chi connectivity index (χ3n) is 4.38. The van der Waals surface area contributed by atoms with Gasteiger partial charge in [0, 0.05) is 34.5 Å². The van der Waals surface area contributed by atoms with Crippen LogP contribution in [0.4, 0.5) is 0 Å². The molecule has 23 heavy (non-hydrogen) atoms. The summed E-state index contributed by atoms with van der Waals surface area (Å²) < 4.78 is 2.32. The summed E-state index contributed by atoms with van der Waals surface area (Å²) in [5, 5.41) is 0. The standard InChI is InChI=1S/C19H20N2S.ClH/c1-2-16-10-11-18(22-16)15-8-6-14(7-9-15)17-13-21-12-4-3-5-19(21)20-17;/h6-11,13H,2-5,12H2,1H3;1H. The lowest BCUT2D eigenvalue weighted by molar-refractivity contribution is 0.522. The van der Waals surface area contributed by atoms with Gasteiger partial charge in [0.05, 0.1) is 5.69 Å². The monoisotopic (exact) mass is 344 g/mol. The Morgan fingerprint density at radius 3 is 2.52 bits per heavy atom. The number of benzene rings is 1. The molecule has 0 fully saturated rings. The smallest absolute Gasteiger partial charge is 0.109 e. The minimum Gasteiger partial charge on any atom is -0.334 e. The van der Waals surface area contributed by atoms with Crippen LogP contribution in [0, 0.1) is 0 Å². The van der Waals surface area contributed by atoms with Crippen LogP contribution in [0.25, 0.3) is 21.7 Å². The quantitative estimate of drug-likeness (QED) is 0.604. The summed E-state index contributed by atoms with van der Waals surface area (Å²) in [6.07, 6.45) is 6.99. The number of rotatable bonds is 3. The molecule has 0 amide bonds. The number of nitrogens with zero attached hydrogens (tertiary/aromatic N) is 2. The van der Waals surface area contributed by atoms with Gasteiger partial charge in [-0.3, -0.25) is 0 Å². The van der Waals surface area contributed by atoms with E-state index in [9.17, 15) is 0 Å². The van der Waals surface area contributed by atoms with Crippen LogP contribution in [-0.4, -0.2) is 9.55 Å². The Bertz CT molecular complexity index is 763. The van der Waals surface area contributed by atoms with Gasteiger partial charge in [-0.25, -0.2) is 4.98 Å². The van der Waals surface area contributed by atoms with E-state index in [1.807, 2.05) is 11.3 Å². The zero-order valence-corrected chi connectivity index (χ0v) is 14.9. The molecule has 0 saturated carbocycles. The van der Waals surface area contributed by atoms with Crippen LogP contribution < -0.4 is 0 Å². The second-order valence-corrected chi connectivity index (χ2v) is 7.06. The van der Waals surface area contributed by atoms with Crippen molar-refractivity contribution in [2.75, 3.05) is 0 Å². The molecule has 0 N–H and O–H groups in total. The Morgan fingerprint density at radius 1 is 1.04 bits per heavy atom. The molecule has 1 aliphatic heterocycles. The van der Waals surface area contributed by atoms with E-state index >= 15 is 0 Å². The summed E-state index contributed by atoms with van der Waals surface area (Å²) in [7, 11) is 0. The number of halogens is 1. The van der Waals surface area contributed by atoms with E-state index in [0.29, 0.717) is 0 Å². The van der Waals surface area contributed by atoms with Crippen molar-refractivity contribution < 1.29 is 0 Å². The topological polar surface area (TPSA) is 17.8 Å². The normalized spacial score (nSPS) is 13.4. The molecule has 1 aromatic carbocycles. The molecule has 0 unspecified atom stereocenters. The molecule has 0 radical (unpaired) electrons. The Balaban J connectivity index is 0.00000156. The van der Waals surface area contributed by atoms with E-state index in [1.54, 1.807) is 0 Å². The molecule has 2 nitrogen and oxygen atoms in total. The number of aromatic nitrogens is 2. The first-order valence-electron chi connectivity index (χ1n) is 8.09. The van der Waals surface area contributed by atoms with E-state index < -0.39 is 0 Å². The fourth-order valence-corrected chi connectivity index (χ4v) is 4.03. The molecular formula is C19H21ClN2S. The van der Waals surface area contributed by atoms with Gasteiger partial charge >= 0.3 is 0 Å². The van der Waals surface area contributed by atoms with Gasteiger partial charge < -0.3 is 4.57 Å². The van der Waals surface area contributed by atoms with Gasteiger partial charge in [-0.05, 0) is 37.0 Å². The van der Waals surface area contributed by atoms with E-state index in [2.05, 4.69) is 54.1 Å². The van der Waals surface area contributed by atoms with Gasteiger partial charge in [0.1, 0.15) is 5.82 Å². The molecule has 0 saturated heterocycles. The number of hydrogen-bond donors (Lipinski definition) is 0. The van der Waals surface area contributed by atoms with E-state index in [1.165, 1.54) is 39.5 Å². The van der Waals surface area contributed by atoms with Crippen molar-refractivity contribution in [3.05, 3.63) is 53.3 Å². The Labute approximate surface area is 147 Å². The Morgan fingerprint density at radius 2 is 1.83 bits per heavy atom. The predicted molar refractivity (Wildman–Crippen MR) is 101 cm³/mol. The second kappa shape index (κ2) is 6.90. The fourth-order valence-electron chi connectivity index (χ4n) is 3.08. The summed E-state index contributed by atoms with van der Waals surface area (Å²) in [5.74, 6) is 1.25. The van der Waals surface area contributed by atoms with Crippen molar-refractivity contribution in [2.45, 2.75) is 39.2 Å². The minimum atomic E-state index is 0. The summed E-state index contributed by atoms with van der Waals surface area (Å²) in [5.41, 5.74) is 3.64. The van der Waals surface area contributed by atoms with Crippen LogP contribution in [0.3, 0.4) is 0 Å². The van der Waals surface area contributed by atoms with E-state index in [4.69, 9.17) is 4.98 Å². The first-order valence-corrected chi connectivity index (χ1v) is 8.90. The summed E-state index contributed by atoms with van der Waals surface area (Å²) in [4.78, 5) is 7.61. The van der Waals surface area contributed by atoms with Gasteiger partial charge in [-0.2, -0.15) is 0 Å². The molecule has 3 aromatic rings. The molecule has 0 spiro atoms. The lowest BCUT2D eigenvalue weighted by Gasteiger charge is -2.11. The Kier molecular flexibility index (Phi) is 4.88. The highest BCUT2D eigenvalue weighted by atomic mass is 35.5. The van der Waals surface area contributed by atoms with Gasteiger partial charge in [0.15, 0.2) is 0 Å².